The van der Waals surface area contributed by atoms with Crippen LogP contribution in [-0.2, 0) is 11.3 Å². The van der Waals surface area contributed by atoms with Crippen LogP contribution in [0.3, 0.4) is 0 Å². The second kappa shape index (κ2) is 5.27. The van der Waals surface area contributed by atoms with Crippen molar-refractivity contribution in [3.8, 4) is 0 Å². The van der Waals surface area contributed by atoms with E-state index in [9.17, 15) is 4.39 Å². The molecule has 0 spiro atoms. The lowest BCUT2D eigenvalue weighted by Crippen LogP contribution is -2.26. The van der Waals surface area contributed by atoms with Gasteiger partial charge in [-0.25, -0.2) is 9.38 Å². The van der Waals surface area contributed by atoms with Crippen LogP contribution < -0.4 is 5.32 Å². The molecule has 1 aliphatic heterocycles. The molecular weight excluding hydrogens is 231 g/mol. The van der Waals surface area contributed by atoms with Crippen molar-refractivity contribution < 1.29 is 9.13 Å². The van der Waals surface area contributed by atoms with E-state index in [1.54, 1.807) is 12.1 Å². The van der Waals surface area contributed by atoms with E-state index in [2.05, 4.69) is 16.7 Å². The molecule has 5 heteroatoms. The Bertz CT molecular complexity index is 398. The van der Waals surface area contributed by atoms with Gasteiger partial charge in [0.25, 0.3) is 6.40 Å². The Labute approximate surface area is 98.3 Å². The fourth-order valence-electron chi connectivity index (χ4n) is 1.43. The van der Waals surface area contributed by atoms with E-state index in [4.69, 9.17) is 16.3 Å². The Hall–Kier alpha value is -1.13. The third kappa shape index (κ3) is 2.93. The van der Waals surface area contributed by atoms with E-state index in [0.717, 1.165) is 0 Å². The quantitative estimate of drug-likeness (QED) is 0.873. The molecule has 1 unspecified atom stereocenters. The Morgan fingerprint density at radius 2 is 2.50 bits per heavy atom. The van der Waals surface area contributed by atoms with Gasteiger partial charge in [0, 0.05) is 23.7 Å². The summed E-state index contributed by atoms with van der Waals surface area (Å²) < 4.78 is 18.2. The van der Waals surface area contributed by atoms with Crippen LogP contribution in [-0.4, -0.2) is 25.6 Å². The number of rotatable bonds is 4. The van der Waals surface area contributed by atoms with Crippen molar-refractivity contribution >= 4 is 18.0 Å². The van der Waals surface area contributed by atoms with Gasteiger partial charge < -0.3 is 10.1 Å². The van der Waals surface area contributed by atoms with Gasteiger partial charge in [0.15, 0.2) is 0 Å². The summed E-state index contributed by atoms with van der Waals surface area (Å²) in [6, 6.07) is 4.73. The zero-order valence-corrected chi connectivity index (χ0v) is 9.30. The number of halogens is 2. The molecule has 1 radical (unpaired) electrons. The van der Waals surface area contributed by atoms with Crippen LogP contribution in [0.15, 0.2) is 23.2 Å². The predicted octanol–water partition coefficient (Wildman–Crippen LogP) is 1.87. The van der Waals surface area contributed by atoms with Crippen LogP contribution in [0.1, 0.15) is 5.56 Å². The Morgan fingerprint density at radius 1 is 1.62 bits per heavy atom. The second-order valence-electron chi connectivity index (χ2n) is 3.55. The first-order valence-corrected chi connectivity index (χ1v) is 5.35. The maximum atomic E-state index is 13.4. The van der Waals surface area contributed by atoms with Crippen LogP contribution in [0.2, 0.25) is 5.02 Å². The summed E-state index contributed by atoms with van der Waals surface area (Å²) >= 11 is 5.65. The molecule has 0 aliphatic carbocycles. The number of nitrogens with zero attached hydrogens (tertiary/aromatic N) is 1. The fourth-order valence-corrected chi connectivity index (χ4v) is 1.58. The van der Waals surface area contributed by atoms with Gasteiger partial charge in [-0.3, -0.25) is 0 Å². The highest BCUT2D eigenvalue weighted by atomic mass is 35.5. The number of ether oxygens (including phenoxy) is 1. The van der Waals surface area contributed by atoms with Crippen LogP contribution in [0, 0.1) is 5.82 Å². The largest absolute Gasteiger partial charge is 0.472 e. The highest BCUT2D eigenvalue weighted by Crippen LogP contribution is 2.14. The molecule has 0 bridgehead atoms. The molecule has 1 aliphatic rings. The van der Waals surface area contributed by atoms with Crippen molar-refractivity contribution in [3.05, 3.63) is 34.6 Å². The third-order valence-electron chi connectivity index (χ3n) is 2.29. The van der Waals surface area contributed by atoms with Gasteiger partial charge in [-0.1, -0.05) is 17.7 Å². The van der Waals surface area contributed by atoms with Crippen molar-refractivity contribution in [3.63, 3.8) is 0 Å². The average molecular weight is 242 g/mol. The molecule has 0 aromatic heterocycles. The molecular formula is C11H11ClFN2O. The molecule has 1 atom stereocenters. The van der Waals surface area contributed by atoms with Crippen LogP contribution in [0.5, 0.6) is 0 Å². The summed E-state index contributed by atoms with van der Waals surface area (Å²) in [6.45, 7) is 1.64. The van der Waals surface area contributed by atoms with Crippen molar-refractivity contribution in [2.24, 2.45) is 4.99 Å². The number of hydrogen-bond donors (Lipinski definition) is 1. The minimum absolute atomic E-state index is 0.0790. The first-order valence-electron chi connectivity index (χ1n) is 4.97. The van der Waals surface area contributed by atoms with Crippen molar-refractivity contribution in [1.82, 2.24) is 5.32 Å². The smallest absolute Gasteiger partial charge is 0.273 e. The molecule has 1 aromatic rings. The van der Waals surface area contributed by atoms with Gasteiger partial charge >= 0.3 is 0 Å². The van der Waals surface area contributed by atoms with E-state index >= 15 is 0 Å². The summed E-state index contributed by atoms with van der Waals surface area (Å²) in [6.07, 6.45) is 2.43. The standard InChI is InChI=1S/C11H11ClFN2O/c12-9-2-1-8(11(13)3-9)4-14-5-10-6-16-7-15-10/h1-3,10,14H,4-6H2. The monoisotopic (exact) mass is 241 g/mol. The van der Waals surface area contributed by atoms with Gasteiger partial charge in [-0.15, -0.1) is 0 Å². The molecule has 2 rings (SSSR count). The van der Waals surface area contributed by atoms with Crippen molar-refractivity contribution in [1.29, 1.82) is 0 Å². The molecule has 85 valence electrons. The molecule has 0 saturated heterocycles. The lowest BCUT2D eigenvalue weighted by Gasteiger charge is -2.08. The zero-order chi connectivity index (χ0) is 11.4. The summed E-state index contributed by atoms with van der Waals surface area (Å²) in [5.74, 6) is -0.294. The predicted molar refractivity (Wildman–Crippen MR) is 60.3 cm³/mol. The van der Waals surface area contributed by atoms with E-state index in [0.29, 0.717) is 30.3 Å². The molecule has 16 heavy (non-hydrogen) atoms. The van der Waals surface area contributed by atoms with Gasteiger partial charge in [0.1, 0.15) is 18.5 Å². The van der Waals surface area contributed by atoms with E-state index in [1.165, 1.54) is 6.07 Å². The molecule has 0 fully saturated rings. The third-order valence-corrected chi connectivity index (χ3v) is 2.52. The van der Waals surface area contributed by atoms with Crippen molar-refractivity contribution in [2.75, 3.05) is 13.2 Å². The molecule has 3 nitrogen and oxygen atoms in total. The average Bonchev–Trinajstić information content (AvgIpc) is 2.74. The molecule has 0 saturated carbocycles. The molecule has 1 aromatic carbocycles. The van der Waals surface area contributed by atoms with Crippen LogP contribution in [0.4, 0.5) is 4.39 Å². The lowest BCUT2D eigenvalue weighted by molar-refractivity contribution is 0.323. The van der Waals surface area contributed by atoms with Crippen LogP contribution in [0.25, 0.3) is 0 Å². The van der Waals surface area contributed by atoms with Gasteiger partial charge in [0.2, 0.25) is 0 Å². The molecule has 1 heterocycles. The minimum atomic E-state index is -0.294. The Kier molecular flexibility index (Phi) is 3.74. The van der Waals surface area contributed by atoms with E-state index in [1.807, 2.05) is 0 Å². The first kappa shape index (κ1) is 11.4. The normalized spacial score (nSPS) is 18.8. The van der Waals surface area contributed by atoms with E-state index in [-0.39, 0.29) is 11.9 Å². The van der Waals surface area contributed by atoms with Gasteiger partial charge in [0.05, 0.1) is 0 Å². The summed E-state index contributed by atoms with van der Waals surface area (Å²) in [5, 5.41) is 3.51. The number of nitrogens with one attached hydrogen (secondary N) is 1. The number of benzene rings is 1. The maximum absolute atomic E-state index is 13.4. The van der Waals surface area contributed by atoms with Crippen molar-refractivity contribution in [2.45, 2.75) is 12.6 Å². The number of aliphatic imine (C=N–C) groups is 1. The highest BCUT2D eigenvalue weighted by molar-refractivity contribution is 6.30. The fraction of sp³-hybridized carbons (Fsp3) is 0.364. The maximum Gasteiger partial charge on any atom is 0.273 e. The molecule has 1 N–H and O–H groups in total. The minimum Gasteiger partial charge on any atom is -0.472 e. The summed E-state index contributed by atoms with van der Waals surface area (Å²) in [5.41, 5.74) is 0.594. The van der Waals surface area contributed by atoms with Gasteiger partial charge in [-0.05, 0) is 12.1 Å². The Morgan fingerprint density at radius 3 is 3.19 bits per heavy atom. The zero-order valence-electron chi connectivity index (χ0n) is 8.54. The SMILES string of the molecule is Fc1cc(Cl)ccc1CNCC1CO[C]=N1. The second-order valence-corrected chi connectivity index (χ2v) is 3.99. The highest BCUT2D eigenvalue weighted by Gasteiger charge is 2.11. The summed E-state index contributed by atoms with van der Waals surface area (Å²) in [7, 11) is 0. The lowest BCUT2D eigenvalue weighted by atomic mass is 10.2. The van der Waals surface area contributed by atoms with Crippen LogP contribution >= 0.6 is 11.6 Å². The van der Waals surface area contributed by atoms with Gasteiger partial charge in [-0.2, -0.15) is 0 Å². The topological polar surface area (TPSA) is 33.6 Å². The number of hydrogen-bond acceptors (Lipinski definition) is 3. The Balaban J connectivity index is 1.82. The molecule has 0 amide bonds. The first-order chi connectivity index (χ1) is 7.75. The van der Waals surface area contributed by atoms with E-state index < -0.39 is 0 Å². The summed E-state index contributed by atoms with van der Waals surface area (Å²) in [4.78, 5) is 3.95.